The van der Waals surface area contributed by atoms with E-state index < -0.39 is 18.2 Å². The molecule has 0 aliphatic carbocycles. The van der Waals surface area contributed by atoms with Crippen molar-refractivity contribution in [3.63, 3.8) is 0 Å². The Morgan fingerprint density at radius 1 is 0.886 bits per heavy atom. The fourth-order valence-corrected chi connectivity index (χ4v) is 5.48. The van der Waals surface area contributed by atoms with Gasteiger partial charge in [0.2, 0.25) is 5.56 Å². The van der Waals surface area contributed by atoms with Gasteiger partial charge in [0.15, 0.2) is 0 Å². The molecule has 0 radical (unpaired) electrons. The number of aliphatic hydroxyl groups is 1. The van der Waals surface area contributed by atoms with Crippen LogP contribution < -0.4 is 20.9 Å². The highest BCUT2D eigenvalue weighted by Gasteiger charge is 2.18. The fourth-order valence-electron chi connectivity index (χ4n) is 5.28. The molecule has 0 fully saturated rings. The zero-order chi connectivity index (χ0) is 31.3. The molecule has 6 N–H and O–H groups in total. The van der Waals surface area contributed by atoms with Crippen LogP contribution in [0.15, 0.2) is 77.6 Å². The number of rotatable bonds is 17. The Kier molecular flexibility index (Phi) is 12.5. The summed E-state index contributed by atoms with van der Waals surface area (Å²) < 4.78 is 5.96. The molecule has 10 heteroatoms. The quantitative estimate of drug-likeness (QED) is 0.0722. The molecule has 2 atom stereocenters. The van der Waals surface area contributed by atoms with E-state index >= 15 is 0 Å². The number of hydrogen-bond acceptors (Lipinski definition) is 6. The van der Waals surface area contributed by atoms with Crippen molar-refractivity contribution in [1.29, 1.82) is 0 Å². The van der Waals surface area contributed by atoms with Gasteiger partial charge in [0, 0.05) is 23.0 Å². The van der Waals surface area contributed by atoms with E-state index in [2.05, 4.69) is 15.6 Å². The number of H-pyrrole nitrogens is 1. The lowest BCUT2D eigenvalue weighted by atomic mass is 9.98. The molecule has 0 aliphatic heterocycles. The SMILES string of the molecule is O=C(O)NC(c1cccc(Cl)c1)c1cccc(OCCCCCCCCCNC[C@H](O)c2ccc(O)c3[nH]c(=O)ccc23)c1. The van der Waals surface area contributed by atoms with Crippen LogP contribution in [0.3, 0.4) is 0 Å². The van der Waals surface area contributed by atoms with Crippen LogP contribution in [0.1, 0.15) is 73.8 Å². The number of phenols is 1. The number of aromatic nitrogens is 1. The summed E-state index contributed by atoms with van der Waals surface area (Å²) in [6.45, 7) is 1.78. The molecule has 1 heterocycles. The van der Waals surface area contributed by atoms with Crippen molar-refractivity contribution < 1.29 is 24.9 Å². The minimum atomic E-state index is -1.11. The topological polar surface area (TPSA) is 144 Å². The van der Waals surface area contributed by atoms with Crippen LogP contribution in [-0.2, 0) is 0 Å². The molecule has 44 heavy (non-hydrogen) atoms. The summed E-state index contributed by atoms with van der Waals surface area (Å²) in [5.74, 6) is 0.683. The van der Waals surface area contributed by atoms with Crippen molar-refractivity contribution in [2.45, 2.75) is 57.1 Å². The second kappa shape index (κ2) is 16.7. The van der Waals surface area contributed by atoms with Crippen LogP contribution in [0.5, 0.6) is 11.5 Å². The summed E-state index contributed by atoms with van der Waals surface area (Å²) >= 11 is 6.13. The van der Waals surface area contributed by atoms with Crippen LogP contribution >= 0.6 is 11.6 Å². The minimum Gasteiger partial charge on any atom is -0.506 e. The Hall–Kier alpha value is -4.05. The monoisotopic (exact) mass is 621 g/mol. The van der Waals surface area contributed by atoms with Gasteiger partial charge >= 0.3 is 6.09 Å². The minimum absolute atomic E-state index is 0.0183. The van der Waals surface area contributed by atoms with Gasteiger partial charge in [-0.05, 0) is 72.5 Å². The average Bonchev–Trinajstić information content (AvgIpc) is 3.00. The summed E-state index contributed by atoms with van der Waals surface area (Å²) in [6.07, 6.45) is 5.69. The first-order valence-electron chi connectivity index (χ1n) is 15.0. The molecule has 0 aliphatic rings. The highest BCUT2D eigenvalue weighted by Crippen LogP contribution is 2.29. The number of phenolic OH excluding ortho intramolecular Hbond substituents is 1. The lowest BCUT2D eigenvalue weighted by Gasteiger charge is -2.19. The van der Waals surface area contributed by atoms with E-state index in [9.17, 15) is 24.9 Å². The molecule has 3 aromatic carbocycles. The third-order valence-electron chi connectivity index (χ3n) is 7.51. The molecule has 1 unspecified atom stereocenters. The summed E-state index contributed by atoms with van der Waals surface area (Å²) in [7, 11) is 0. The maximum Gasteiger partial charge on any atom is 0.405 e. The molecule has 0 saturated carbocycles. The Morgan fingerprint density at radius 2 is 1.59 bits per heavy atom. The van der Waals surface area contributed by atoms with E-state index in [1.807, 2.05) is 30.3 Å². The number of pyridine rings is 1. The van der Waals surface area contributed by atoms with Crippen LogP contribution in [0.25, 0.3) is 10.9 Å². The number of benzene rings is 3. The number of aliphatic hydroxyl groups excluding tert-OH is 1. The van der Waals surface area contributed by atoms with Gasteiger partial charge in [-0.2, -0.15) is 0 Å². The van der Waals surface area contributed by atoms with E-state index in [-0.39, 0.29) is 11.3 Å². The summed E-state index contributed by atoms with van der Waals surface area (Å²) in [5, 5.41) is 37.1. The second-order valence-electron chi connectivity index (χ2n) is 10.8. The average molecular weight is 622 g/mol. The molecule has 0 saturated heterocycles. The Morgan fingerprint density at radius 3 is 2.34 bits per heavy atom. The number of carboxylic acid groups (broad SMARTS) is 1. The van der Waals surface area contributed by atoms with E-state index in [4.69, 9.17) is 16.3 Å². The van der Waals surface area contributed by atoms with E-state index in [1.54, 1.807) is 30.3 Å². The standard InChI is InChI=1S/C34H40ClN3O6/c35-25-12-8-10-23(20-25)32(38-34(42)43)24-11-9-13-26(21-24)44-19-7-5-3-1-2-4-6-18-36-22-30(40)27-14-16-29(39)33-28(27)15-17-31(41)37-33/h8-17,20-21,30,32,36,38-40H,1-7,18-19,22H2,(H,37,41)(H,42,43)/t30-,32?/m0/s1. The molecule has 4 aromatic rings. The van der Waals surface area contributed by atoms with Gasteiger partial charge in [-0.3, -0.25) is 4.79 Å². The maximum absolute atomic E-state index is 11.6. The zero-order valence-corrected chi connectivity index (χ0v) is 25.4. The van der Waals surface area contributed by atoms with E-state index in [1.165, 1.54) is 12.1 Å². The summed E-state index contributed by atoms with van der Waals surface area (Å²) in [5.41, 5.74) is 2.24. The van der Waals surface area contributed by atoms with Gasteiger partial charge in [0.05, 0.1) is 24.3 Å². The molecule has 1 amide bonds. The van der Waals surface area contributed by atoms with Crippen molar-refractivity contribution in [2.24, 2.45) is 0 Å². The second-order valence-corrected chi connectivity index (χ2v) is 11.3. The number of aromatic hydroxyl groups is 1. The highest BCUT2D eigenvalue weighted by molar-refractivity contribution is 6.30. The fraction of sp³-hybridized carbons (Fsp3) is 0.353. The molecule has 0 bridgehead atoms. The van der Waals surface area contributed by atoms with Gasteiger partial charge in [0.25, 0.3) is 0 Å². The third kappa shape index (κ3) is 9.74. The number of halogens is 1. The molecular weight excluding hydrogens is 582 g/mol. The van der Waals surface area contributed by atoms with E-state index in [0.717, 1.165) is 62.6 Å². The summed E-state index contributed by atoms with van der Waals surface area (Å²) in [6, 6.07) is 20.2. The van der Waals surface area contributed by atoms with Crippen molar-refractivity contribution in [1.82, 2.24) is 15.6 Å². The predicted octanol–water partition coefficient (Wildman–Crippen LogP) is 6.68. The number of carbonyl (C=O) groups is 1. The normalized spacial score (nSPS) is 12.6. The molecule has 0 spiro atoms. The Bertz CT molecular complexity index is 1580. The summed E-state index contributed by atoms with van der Waals surface area (Å²) in [4.78, 5) is 25.6. The molecular formula is C34H40ClN3O6. The first kappa shape index (κ1) is 32.9. The molecule has 1 aromatic heterocycles. The van der Waals surface area contributed by atoms with Gasteiger partial charge in [-0.1, -0.05) is 74.0 Å². The number of amides is 1. The van der Waals surface area contributed by atoms with Crippen LogP contribution in [-0.4, -0.2) is 46.1 Å². The van der Waals surface area contributed by atoms with Gasteiger partial charge in [0.1, 0.15) is 11.5 Å². The van der Waals surface area contributed by atoms with Crippen LogP contribution in [0.2, 0.25) is 5.02 Å². The van der Waals surface area contributed by atoms with Crippen molar-refractivity contribution >= 4 is 28.6 Å². The lowest BCUT2D eigenvalue weighted by molar-refractivity contribution is 0.176. The van der Waals surface area contributed by atoms with E-state index in [0.29, 0.717) is 40.4 Å². The number of fused-ring (bicyclic) bond motifs is 1. The lowest BCUT2D eigenvalue weighted by Crippen LogP contribution is -2.27. The number of nitrogens with one attached hydrogen (secondary N) is 3. The Labute approximate surface area is 261 Å². The van der Waals surface area contributed by atoms with Gasteiger partial charge < -0.3 is 35.7 Å². The maximum atomic E-state index is 11.6. The molecule has 4 rings (SSSR count). The third-order valence-corrected chi connectivity index (χ3v) is 7.75. The van der Waals surface area contributed by atoms with Crippen molar-refractivity contribution in [3.8, 4) is 11.5 Å². The van der Waals surface area contributed by atoms with Crippen molar-refractivity contribution in [2.75, 3.05) is 19.7 Å². The molecule has 234 valence electrons. The van der Waals surface area contributed by atoms with Gasteiger partial charge in [-0.25, -0.2) is 4.79 Å². The largest absolute Gasteiger partial charge is 0.506 e. The smallest absolute Gasteiger partial charge is 0.405 e. The highest BCUT2D eigenvalue weighted by atomic mass is 35.5. The number of unbranched alkanes of at least 4 members (excludes halogenated alkanes) is 6. The first-order chi connectivity index (χ1) is 21.3. The van der Waals surface area contributed by atoms with Crippen LogP contribution in [0, 0.1) is 0 Å². The van der Waals surface area contributed by atoms with Crippen molar-refractivity contribution in [3.05, 3.63) is 105 Å². The zero-order valence-electron chi connectivity index (χ0n) is 24.6. The van der Waals surface area contributed by atoms with Crippen LogP contribution in [0.4, 0.5) is 4.79 Å². The first-order valence-corrected chi connectivity index (χ1v) is 15.4. The number of ether oxygens (including phenoxy) is 1. The Balaban J connectivity index is 1.08. The molecule has 9 nitrogen and oxygen atoms in total. The number of aromatic amines is 1. The number of hydrogen-bond donors (Lipinski definition) is 6. The predicted molar refractivity (Wildman–Crippen MR) is 173 cm³/mol. The van der Waals surface area contributed by atoms with Gasteiger partial charge in [-0.15, -0.1) is 0 Å².